The lowest BCUT2D eigenvalue weighted by molar-refractivity contribution is -0.119. The molecule has 29 heavy (non-hydrogen) atoms. The molecule has 4 rings (SSSR count). The highest BCUT2D eigenvalue weighted by Gasteiger charge is 2.39. The molecule has 1 saturated heterocycles. The van der Waals surface area contributed by atoms with Gasteiger partial charge in [0.2, 0.25) is 15.9 Å². The summed E-state index contributed by atoms with van der Waals surface area (Å²) in [6.45, 7) is 0.302. The van der Waals surface area contributed by atoms with Crippen molar-refractivity contribution in [1.29, 1.82) is 0 Å². The van der Waals surface area contributed by atoms with Gasteiger partial charge in [-0.15, -0.1) is 11.3 Å². The van der Waals surface area contributed by atoms with Crippen molar-refractivity contribution in [3.63, 3.8) is 0 Å². The number of hydrogen-bond donors (Lipinski definition) is 1. The van der Waals surface area contributed by atoms with Crippen LogP contribution < -0.4 is 5.32 Å². The number of nitrogens with zero attached hydrogens (tertiary/aromatic N) is 2. The Labute approximate surface area is 178 Å². The number of hydrogen-bond acceptors (Lipinski definition) is 5. The normalized spacial score (nSPS) is 17.3. The molecule has 0 spiro atoms. The van der Waals surface area contributed by atoms with Crippen LogP contribution in [0.15, 0.2) is 64.9 Å². The van der Waals surface area contributed by atoms with Crippen molar-refractivity contribution in [3.05, 3.63) is 65.0 Å². The topological polar surface area (TPSA) is 79.4 Å². The number of benzene rings is 2. The second-order valence-corrected chi connectivity index (χ2v) is 9.81. The number of amides is 1. The van der Waals surface area contributed by atoms with Gasteiger partial charge in [0.05, 0.1) is 10.6 Å². The third kappa shape index (κ3) is 4.20. The fourth-order valence-electron chi connectivity index (χ4n) is 3.29. The first kappa shape index (κ1) is 20.0. The number of aromatic nitrogens is 1. The van der Waals surface area contributed by atoms with Crippen molar-refractivity contribution in [1.82, 2.24) is 9.29 Å². The van der Waals surface area contributed by atoms with Crippen LogP contribution in [0.2, 0.25) is 5.02 Å². The fraction of sp³-hybridized carbons (Fsp3) is 0.200. The lowest BCUT2D eigenvalue weighted by Gasteiger charge is -2.23. The molecular weight excluding hydrogens is 430 g/mol. The Morgan fingerprint density at radius 3 is 2.59 bits per heavy atom. The van der Waals surface area contributed by atoms with Gasteiger partial charge in [-0.1, -0.05) is 41.9 Å². The first-order chi connectivity index (χ1) is 13.9. The van der Waals surface area contributed by atoms with E-state index in [0.717, 1.165) is 11.3 Å². The summed E-state index contributed by atoms with van der Waals surface area (Å²) in [7, 11) is -3.78. The van der Waals surface area contributed by atoms with E-state index in [4.69, 9.17) is 11.6 Å². The van der Waals surface area contributed by atoms with Crippen molar-refractivity contribution in [2.45, 2.75) is 23.8 Å². The van der Waals surface area contributed by atoms with Crippen molar-refractivity contribution >= 4 is 44.0 Å². The van der Waals surface area contributed by atoms with Gasteiger partial charge in [-0.3, -0.25) is 4.79 Å². The number of anilines is 1. The summed E-state index contributed by atoms with van der Waals surface area (Å²) in [5, 5.41) is 5.55. The van der Waals surface area contributed by atoms with Gasteiger partial charge in [0.25, 0.3) is 0 Å². The molecule has 2 aromatic carbocycles. The molecule has 150 valence electrons. The zero-order valence-corrected chi connectivity index (χ0v) is 17.7. The molecule has 1 fully saturated rings. The fourth-order valence-corrected chi connectivity index (χ4v) is 5.80. The minimum absolute atomic E-state index is 0.127. The number of rotatable bonds is 5. The van der Waals surface area contributed by atoms with Crippen LogP contribution in [0, 0.1) is 0 Å². The average Bonchev–Trinajstić information content (AvgIpc) is 3.39. The SMILES string of the molecule is O=C(Nc1nc(-c2ccccc2)cs1)[C@@H]1CCCN1S(=O)(=O)c1ccc(Cl)cc1. The number of sulfonamides is 1. The molecule has 0 unspecified atom stereocenters. The molecule has 0 aliphatic carbocycles. The molecule has 1 aliphatic rings. The monoisotopic (exact) mass is 447 g/mol. The Hall–Kier alpha value is -2.26. The summed E-state index contributed by atoms with van der Waals surface area (Å²) in [5.74, 6) is -0.367. The van der Waals surface area contributed by atoms with Gasteiger partial charge in [0.1, 0.15) is 6.04 Å². The third-order valence-electron chi connectivity index (χ3n) is 4.73. The highest BCUT2D eigenvalue weighted by molar-refractivity contribution is 7.89. The van der Waals surface area contributed by atoms with Crippen LogP contribution in [0.5, 0.6) is 0 Å². The van der Waals surface area contributed by atoms with Gasteiger partial charge in [0, 0.05) is 22.5 Å². The molecule has 9 heteroatoms. The lowest BCUT2D eigenvalue weighted by atomic mass is 10.2. The molecule has 0 saturated carbocycles. The predicted octanol–water partition coefficient (Wildman–Crippen LogP) is 4.26. The van der Waals surface area contributed by atoms with Crippen molar-refractivity contribution < 1.29 is 13.2 Å². The quantitative estimate of drug-likeness (QED) is 0.633. The second kappa shape index (κ2) is 8.23. The van der Waals surface area contributed by atoms with Gasteiger partial charge >= 0.3 is 0 Å². The summed E-state index contributed by atoms with van der Waals surface area (Å²) >= 11 is 7.17. The van der Waals surface area contributed by atoms with Gasteiger partial charge < -0.3 is 5.32 Å². The molecule has 1 amide bonds. The third-order valence-corrected chi connectivity index (χ3v) is 7.66. The summed E-state index contributed by atoms with van der Waals surface area (Å²) in [4.78, 5) is 17.4. The van der Waals surface area contributed by atoms with Crippen LogP contribution in [-0.2, 0) is 14.8 Å². The molecule has 1 aromatic heterocycles. The summed E-state index contributed by atoms with van der Waals surface area (Å²) in [6.07, 6.45) is 1.09. The smallest absolute Gasteiger partial charge is 0.244 e. The summed E-state index contributed by atoms with van der Waals surface area (Å²) < 4.78 is 27.2. The Bertz CT molecular complexity index is 1120. The molecule has 2 heterocycles. The van der Waals surface area contributed by atoms with E-state index >= 15 is 0 Å². The van der Waals surface area contributed by atoms with E-state index in [1.807, 2.05) is 35.7 Å². The predicted molar refractivity (Wildman–Crippen MR) is 115 cm³/mol. The van der Waals surface area contributed by atoms with E-state index in [-0.39, 0.29) is 10.8 Å². The molecule has 6 nitrogen and oxygen atoms in total. The number of halogens is 1. The van der Waals surface area contributed by atoms with Crippen molar-refractivity contribution in [2.75, 3.05) is 11.9 Å². The largest absolute Gasteiger partial charge is 0.301 e. The van der Waals surface area contributed by atoms with E-state index in [2.05, 4.69) is 10.3 Å². The summed E-state index contributed by atoms with van der Waals surface area (Å²) in [5.41, 5.74) is 1.72. The zero-order valence-electron chi connectivity index (χ0n) is 15.3. The maximum Gasteiger partial charge on any atom is 0.244 e. The number of thiazole rings is 1. The van der Waals surface area contributed by atoms with Crippen molar-refractivity contribution in [2.24, 2.45) is 0 Å². The Kier molecular flexibility index (Phi) is 5.69. The lowest BCUT2D eigenvalue weighted by Crippen LogP contribution is -2.43. The van der Waals surface area contributed by atoms with Crippen LogP contribution in [-0.4, -0.2) is 36.2 Å². The molecule has 1 N–H and O–H groups in total. The molecule has 0 radical (unpaired) electrons. The Morgan fingerprint density at radius 1 is 1.14 bits per heavy atom. The van der Waals surface area contributed by atoms with Gasteiger partial charge in [-0.2, -0.15) is 4.31 Å². The molecule has 3 aromatic rings. The first-order valence-corrected chi connectivity index (χ1v) is 11.7. The second-order valence-electron chi connectivity index (χ2n) is 6.62. The molecule has 0 bridgehead atoms. The van der Waals surface area contributed by atoms with E-state index < -0.39 is 16.1 Å². The van der Waals surface area contributed by atoms with E-state index in [9.17, 15) is 13.2 Å². The van der Waals surface area contributed by atoms with Crippen LogP contribution in [0.25, 0.3) is 11.3 Å². The zero-order chi connectivity index (χ0) is 20.4. The minimum atomic E-state index is -3.78. The van der Waals surface area contributed by atoms with Crippen LogP contribution >= 0.6 is 22.9 Å². The average molecular weight is 448 g/mol. The molecule has 1 aliphatic heterocycles. The summed E-state index contributed by atoms with van der Waals surface area (Å²) in [6, 6.07) is 14.9. The van der Waals surface area contributed by atoms with E-state index in [1.54, 1.807) is 0 Å². The van der Waals surface area contributed by atoms with E-state index in [0.29, 0.717) is 29.5 Å². The maximum absolute atomic E-state index is 13.0. The van der Waals surface area contributed by atoms with Crippen LogP contribution in [0.3, 0.4) is 0 Å². The molecule has 1 atom stereocenters. The minimum Gasteiger partial charge on any atom is -0.301 e. The van der Waals surface area contributed by atoms with Crippen LogP contribution in [0.1, 0.15) is 12.8 Å². The standard InChI is InChI=1S/C20H18ClN3O3S2/c21-15-8-10-16(11-9-15)29(26,27)24-12-4-7-18(24)19(25)23-20-22-17(13-28-20)14-5-2-1-3-6-14/h1-3,5-6,8-11,13,18H,4,7,12H2,(H,22,23,25)/t18-/m0/s1. The van der Waals surface area contributed by atoms with Gasteiger partial charge in [-0.05, 0) is 37.1 Å². The Morgan fingerprint density at radius 2 is 1.86 bits per heavy atom. The maximum atomic E-state index is 13.0. The van der Waals surface area contributed by atoms with Gasteiger partial charge in [-0.25, -0.2) is 13.4 Å². The number of carbonyl (C=O) groups excluding carboxylic acids is 1. The van der Waals surface area contributed by atoms with Gasteiger partial charge in [0.15, 0.2) is 5.13 Å². The first-order valence-electron chi connectivity index (χ1n) is 9.04. The highest BCUT2D eigenvalue weighted by atomic mass is 35.5. The molecular formula is C20H18ClN3O3S2. The van der Waals surface area contributed by atoms with E-state index in [1.165, 1.54) is 39.9 Å². The highest BCUT2D eigenvalue weighted by Crippen LogP contribution is 2.29. The Balaban J connectivity index is 1.51. The van der Waals surface area contributed by atoms with Crippen molar-refractivity contribution in [3.8, 4) is 11.3 Å². The van der Waals surface area contributed by atoms with Crippen LogP contribution in [0.4, 0.5) is 5.13 Å². The number of carbonyl (C=O) groups is 1. The number of nitrogens with one attached hydrogen (secondary N) is 1.